The third kappa shape index (κ3) is 4.74. The molecule has 30 heavy (non-hydrogen) atoms. The van der Waals surface area contributed by atoms with Crippen LogP contribution in [0.3, 0.4) is 0 Å². The summed E-state index contributed by atoms with van der Waals surface area (Å²) in [5, 5.41) is 11.9. The number of aliphatic hydroxyl groups excluding tert-OH is 1. The number of nitrogens with two attached hydrogens (primary N) is 1. The van der Waals surface area contributed by atoms with Crippen LogP contribution < -0.4 is 5.73 Å². The number of hydrogen-bond acceptors (Lipinski definition) is 5. The molecule has 0 spiro atoms. The van der Waals surface area contributed by atoms with E-state index in [1.807, 2.05) is 12.1 Å². The Morgan fingerprint density at radius 2 is 1.67 bits per heavy atom. The van der Waals surface area contributed by atoms with Crippen LogP contribution in [0.2, 0.25) is 10.0 Å². The van der Waals surface area contributed by atoms with Gasteiger partial charge in [0.05, 0.1) is 17.7 Å². The van der Waals surface area contributed by atoms with Crippen LogP contribution in [0, 0.1) is 0 Å². The Balaban J connectivity index is 1.33. The monoisotopic (exact) mass is 448 g/mol. The molecule has 2 aromatic carbocycles. The number of likely N-dealkylation sites (tertiary alicyclic amines) is 1. The van der Waals surface area contributed by atoms with Gasteiger partial charge in [0.1, 0.15) is 0 Å². The van der Waals surface area contributed by atoms with Crippen LogP contribution in [0.15, 0.2) is 42.5 Å². The number of carbonyl (C=O) groups excluding carboxylic acids is 1. The van der Waals surface area contributed by atoms with E-state index in [-0.39, 0.29) is 11.9 Å². The van der Waals surface area contributed by atoms with Gasteiger partial charge in [-0.2, -0.15) is 0 Å². The van der Waals surface area contributed by atoms with Gasteiger partial charge in [-0.25, -0.2) is 0 Å². The van der Waals surface area contributed by atoms with Crippen LogP contribution in [-0.4, -0.2) is 77.1 Å². The predicted octanol–water partition coefficient (Wildman–Crippen LogP) is 2.58. The summed E-state index contributed by atoms with van der Waals surface area (Å²) in [6, 6.07) is 12.8. The highest BCUT2D eigenvalue weighted by atomic mass is 35.5. The first-order valence-corrected chi connectivity index (χ1v) is 10.9. The normalized spacial score (nSPS) is 23.1. The molecule has 2 aliphatic rings. The maximum absolute atomic E-state index is 12.9. The molecule has 4 rings (SSSR count). The Labute approximate surface area is 186 Å². The number of benzene rings is 2. The van der Waals surface area contributed by atoms with Gasteiger partial charge in [0.2, 0.25) is 0 Å². The second-order valence-corrected chi connectivity index (χ2v) is 8.89. The molecule has 2 atom stereocenters. The van der Waals surface area contributed by atoms with Gasteiger partial charge in [-0.1, -0.05) is 35.3 Å². The van der Waals surface area contributed by atoms with Crippen molar-refractivity contribution < 1.29 is 9.90 Å². The van der Waals surface area contributed by atoms with Crippen molar-refractivity contribution in [3.63, 3.8) is 0 Å². The number of anilines is 1. The number of nitrogens with zero attached hydrogens (tertiary/aromatic N) is 3. The van der Waals surface area contributed by atoms with Crippen molar-refractivity contribution in [2.45, 2.75) is 18.7 Å². The average Bonchev–Trinajstić information content (AvgIpc) is 3.11. The molecule has 2 heterocycles. The molecule has 6 nitrogen and oxygen atoms in total. The Hall–Kier alpha value is -1.83. The summed E-state index contributed by atoms with van der Waals surface area (Å²) >= 11 is 11.9. The Bertz CT molecular complexity index is 901. The summed E-state index contributed by atoms with van der Waals surface area (Å²) in [5.74, 6) is -0.160. The Kier molecular flexibility index (Phi) is 6.51. The van der Waals surface area contributed by atoms with Gasteiger partial charge in [-0.05, 0) is 35.9 Å². The molecule has 2 saturated heterocycles. The highest BCUT2D eigenvalue weighted by Gasteiger charge is 2.39. The van der Waals surface area contributed by atoms with Gasteiger partial charge in [0.15, 0.2) is 0 Å². The molecule has 1 amide bonds. The minimum absolute atomic E-state index is 0.0554. The number of nitrogen functional groups attached to an aromatic ring is 1. The molecule has 0 saturated carbocycles. The summed E-state index contributed by atoms with van der Waals surface area (Å²) in [6.45, 7) is 5.27. The summed E-state index contributed by atoms with van der Waals surface area (Å²) in [4.78, 5) is 19.3. The summed E-state index contributed by atoms with van der Waals surface area (Å²) in [6.07, 6.45) is -0.565. The first kappa shape index (κ1) is 21.4. The lowest BCUT2D eigenvalue weighted by Crippen LogP contribution is -2.53. The number of hydrogen-bond donors (Lipinski definition) is 2. The van der Waals surface area contributed by atoms with Gasteiger partial charge in [0, 0.05) is 61.5 Å². The highest BCUT2D eigenvalue weighted by molar-refractivity contribution is 6.31. The van der Waals surface area contributed by atoms with Gasteiger partial charge in [0.25, 0.3) is 5.91 Å². The van der Waals surface area contributed by atoms with Crippen molar-refractivity contribution in [3.05, 3.63) is 63.6 Å². The molecule has 0 bridgehead atoms. The van der Waals surface area contributed by atoms with E-state index in [0.717, 1.165) is 37.7 Å². The lowest BCUT2D eigenvalue weighted by atomic mass is 10.1. The zero-order valence-corrected chi connectivity index (χ0v) is 18.2. The topological polar surface area (TPSA) is 73.0 Å². The van der Waals surface area contributed by atoms with E-state index in [2.05, 4.69) is 21.9 Å². The van der Waals surface area contributed by atoms with E-state index in [1.54, 1.807) is 23.1 Å². The van der Waals surface area contributed by atoms with Crippen LogP contribution in [0.25, 0.3) is 0 Å². The molecule has 8 heteroatoms. The van der Waals surface area contributed by atoms with E-state index in [9.17, 15) is 9.90 Å². The molecule has 2 unspecified atom stereocenters. The highest BCUT2D eigenvalue weighted by Crippen LogP contribution is 2.24. The fourth-order valence-corrected chi connectivity index (χ4v) is 4.60. The number of amides is 1. The van der Waals surface area contributed by atoms with Crippen molar-refractivity contribution in [1.82, 2.24) is 14.7 Å². The fraction of sp³-hybridized carbons (Fsp3) is 0.409. The van der Waals surface area contributed by atoms with Crippen molar-refractivity contribution in [3.8, 4) is 0 Å². The van der Waals surface area contributed by atoms with E-state index in [1.165, 1.54) is 5.56 Å². The van der Waals surface area contributed by atoms with Crippen molar-refractivity contribution in [2.75, 3.05) is 45.0 Å². The van der Waals surface area contributed by atoms with Gasteiger partial charge >= 0.3 is 0 Å². The first-order valence-electron chi connectivity index (χ1n) is 10.1. The van der Waals surface area contributed by atoms with E-state index in [4.69, 9.17) is 28.9 Å². The number of rotatable bonds is 4. The second-order valence-electron chi connectivity index (χ2n) is 8.01. The van der Waals surface area contributed by atoms with Gasteiger partial charge < -0.3 is 15.7 Å². The Morgan fingerprint density at radius 3 is 2.33 bits per heavy atom. The molecule has 0 aromatic heterocycles. The van der Waals surface area contributed by atoms with Crippen molar-refractivity contribution in [1.29, 1.82) is 0 Å². The quantitative estimate of drug-likeness (QED) is 0.703. The molecule has 0 radical (unpaired) electrons. The van der Waals surface area contributed by atoms with Crippen LogP contribution in [0.1, 0.15) is 15.9 Å². The van der Waals surface area contributed by atoms with E-state index in [0.29, 0.717) is 29.4 Å². The molecule has 2 aliphatic heterocycles. The second kappa shape index (κ2) is 9.12. The summed E-state index contributed by atoms with van der Waals surface area (Å²) in [7, 11) is 0. The molecular formula is C22H26Cl2N4O2. The third-order valence-corrected chi connectivity index (χ3v) is 6.47. The molecule has 2 fully saturated rings. The third-order valence-electron chi connectivity index (χ3n) is 5.99. The van der Waals surface area contributed by atoms with Crippen LogP contribution in [0.5, 0.6) is 0 Å². The maximum Gasteiger partial charge on any atom is 0.256 e. The number of β-amino-alcohol motifs (C(OH)–C–C–N with tert-alkyl or cyclic N) is 1. The predicted molar refractivity (Wildman–Crippen MR) is 120 cm³/mol. The van der Waals surface area contributed by atoms with E-state index < -0.39 is 6.10 Å². The largest absolute Gasteiger partial charge is 0.398 e. The van der Waals surface area contributed by atoms with Crippen LogP contribution in [0.4, 0.5) is 5.69 Å². The number of carbonyl (C=O) groups is 1. The number of piperazine rings is 1. The smallest absolute Gasteiger partial charge is 0.256 e. The fourth-order valence-electron chi connectivity index (χ4n) is 4.29. The lowest BCUT2D eigenvalue weighted by molar-refractivity contribution is 0.0423. The lowest BCUT2D eigenvalue weighted by Gasteiger charge is -2.38. The van der Waals surface area contributed by atoms with Crippen LogP contribution in [-0.2, 0) is 6.54 Å². The molecule has 2 aromatic rings. The molecule has 160 valence electrons. The molecule has 0 aliphatic carbocycles. The van der Waals surface area contributed by atoms with Crippen molar-refractivity contribution >= 4 is 34.8 Å². The van der Waals surface area contributed by atoms with Crippen LogP contribution >= 0.6 is 23.2 Å². The van der Waals surface area contributed by atoms with Gasteiger partial charge in [-0.3, -0.25) is 14.6 Å². The zero-order valence-electron chi connectivity index (χ0n) is 16.7. The summed E-state index contributed by atoms with van der Waals surface area (Å²) < 4.78 is 0. The molecular weight excluding hydrogens is 423 g/mol. The molecule has 3 N–H and O–H groups in total. The maximum atomic E-state index is 12.9. The SMILES string of the molecule is Nc1cc(Cl)ccc1C(=O)N1CC(O)C(N2CCN(Cc3ccc(Cl)cc3)CC2)C1. The minimum atomic E-state index is -0.565. The zero-order chi connectivity index (χ0) is 21.3. The first-order chi connectivity index (χ1) is 14.4. The van der Waals surface area contributed by atoms with Gasteiger partial charge in [-0.15, -0.1) is 0 Å². The Morgan fingerprint density at radius 1 is 1.00 bits per heavy atom. The van der Waals surface area contributed by atoms with Crippen molar-refractivity contribution in [2.24, 2.45) is 0 Å². The summed E-state index contributed by atoms with van der Waals surface area (Å²) in [5.41, 5.74) is 8.01. The number of aliphatic hydroxyl groups is 1. The van der Waals surface area contributed by atoms with E-state index >= 15 is 0 Å². The number of halogens is 2. The minimum Gasteiger partial charge on any atom is -0.398 e. The average molecular weight is 449 g/mol. The standard InChI is InChI=1S/C22H26Cl2N4O2/c23-16-3-1-15(2-4-16)12-26-7-9-27(10-8-26)20-13-28(14-21(20)29)22(30)18-6-5-17(24)11-19(18)25/h1-6,11,20-21,29H,7-10,12-14,25H2.